The molecule has 0 aromatic heterocycles. The third-order valence-electron chi connectivity index (χ3n) is 4.80. The summed E-state index contributed by atoms with van der Waals surface area (Å²) in [5, 5.41) is 11.3. The van der Waals surface area contributed by atoms with Crippen LogP contribution in [-0.4, -0.2) is 23.9 Å². The number of anilines is 2. The van der Waals surface area contributed by atoms with Crippen LogP contribution in [0.2, 0.25) is 0 Å². The molecule has 0 heterocycles. The highest BCUT2D eigenvalue weighted by Gasteiger charge is 2.29. The topological polar surface area (TPSA) is 99.3 Å². The molecule has 3 rings (SSSR count). The van der Waals surface area contributed by atoms with Crippen LogP contribution in [0.4, 0.5) is 16.2 Å². The lowest BCUT2D eigenvalue weighted by molar-refractivity contribution is -0.117. The first-order valence-electron chi connectivity index (χ1n) is 10.2. The second kappa shape index (κ2) is 9.43. The second-order valence-electron chi connectivity index (χ2n) is 7.91. The SMILES string of the molecule is CC(C)NC(=O)Nc1ccc(C(=O)NC(C)c2ccc(NC(=O)C3CC3)cc2)cc1. The monoisotopic (exact) mass is 408 g/mol. The van der Waals surface area contributed by atoms with Crippen LogP contribution in [0.15, 0.2) is 48.5 Å². The fourth-order valence-electron chi connectivity index (χ4n) is 2.94. The lowest BCUT2D eigenvalue weighted by Gasteiger charge is -2.15. The molecule has 1 saturated carbocycles. The molecule has 7 nitrogen and oxygen atoms in total. The summed E-state index contributed by atoms with van der Waals surface area (Å²) < 4.78 is 0. The molecule has 4 amide bonds. The number of urea groups is 1. The average molecular weight is 409 g/mol. The van der Waals surface area contributed by atoms with E-state index in [0.29, 0.717) is 11.3 Å². The van der Waals surface area contributed by atoms with Gasteiger partial charge in [0, 0.05) is 28.9 Å². The number of rotatable bonds is 7. The number of benzene rings is 2. The molecule has 2 aromatic rings. The van der Waals surface area contributed by atoms with Gasteiger partial charge in [0.2, 0.25) is 5.91 Å². The van der Waals surface area contributed by atoms with Crippen LogP contribution in [0, 0.1) is 5.92 Å². The van der Waals surface area contributed by atoms with Gasteiger partial charge in [-0.05, 0) is 75.6 Å². The van der Waals surface area contributed by atoms with Crippen molar-refractivity contribution in [3.8, 4) is 0 Å². The molecule has 0 aliphatic heterocycles. The molecule has 0 saturated heterocycles. The molecule has 0 bridgehead atoms. The standard InChI is InChI=1S/C23H28N4O3/c1-14(2)24-23(30)27-20-12-8-18(9-13-20)21(28)25-15(3)16-6-10-19(11-7-16)26-22(29)17-4-5-17/h6-15,17H,4-5H2,1-3H3,(H,25,28)(H,26,29)(H2,24,27,30). The van der Waals surface area contributed by atoms with Crippen molar-refractivity contribution in [2.24, 2.45) is 5.92 Å². The average Bonchev–Trinajstić information content (AvgIpc) is 3.53. The quantitative estimate of drug-likeness (QED) is 0.556. The summed E-state index contributed by atoms with van der Waals surface area (Å²) in [6, 6.07) is 13.8. The predicted octanol–water partition coefficient (Wildman–Crippen LogP) is 4.06. The molecule has 0 radical (unpaired) electrons. The highest BCUT2D eigenvalue weighted by molar-refractivity contribution is 5.96. The minimum absolute atomic E-state index is 0.0417. The molecular formula is C23H28N4O3. The van der Waals surface area contributed by atoms with Gasteiger partial charge in [-0.1, -0.05) is 12.1 Å². The maximum absolute atomic E-state index is 12.5. The Morgan fingerprint density at radius 1 is 0.800 bits per heavy atom. The summed E-state index contributed by atoms with van der Waals surface area (Å²) >= 11 is 0. The van der Waals surface area contributed by atoms with Crippen molar-refractivity contribution in [1.29, 1.82) is 0 Å². The maximum Gasteiger partial charge on any atom is 0.319 e. The second-order valence-corrected chi connectivity index (χ2v) is 7.91. The van der Waals surface area contributed by atoms with Crippen molar-refractivity contribution in [3.05, 3.63) is 59.7 Å². The predicted molar refractivity (Wildman–Crippen MR) is 117 cm³/mol. The van der Waals surface area contributed by atoms with Crippen molar-refractivity contribution < 1.29 is 14.4 Å². The highest BCUT2D eigenvalue weighted by atomic mass is 16.2. The Morgan fingerprint density at radius 2 is 1.37 bits per heavy atom. The van der Waals surface area contributed by atoms with Gasteiger partial charge < -0.3 is 21.3 Å². The number of carbonyl (C=O) groups is 3. The Hall–Kier alpha value is -3.35. The fourth-order valence-corrected chi connectivity index (χ4v) is 2.94. The molecule has 158 valence electrons. The van der Waals surface area contributed by atoms with Crippen LogP contribution >= 0.6 is 0 Å². The zero-order valence-corrected chi connectivity index (χ0v) is 17.5. The molecule has 1 aliphatic carbocycles. The van der Waals surface area contributed by atoms with Crippen LogP contribution in [0.25, 0.3) is 0 Å². The van der Waals surface area contributed by atoms with E-state index in [2.05, 4.69) is 21.3 Å². The summed E-state index contributed by atoms with van der Waals surface area (Å²) in [4.78, 5) is 36.1. The summed E-state index contributed by atoms with van der Waals surface area (Å²) in [5.41, 5.74) is 2.82. The minimum atomic E-state index is -0.285. The van der Waals surface area contributed by atoms with E-state index < -0.39 is 0 Å². The first-order chi connectivity index (χ1) is 14.3. The number of amides is 4. The summed E-state index contributed by atoms with van der Waals surface area (Å²) in [6.07, 6.45) is 1.93. The number of nitrogens with one attached hydrogen (secondary N) is 4. The summed E-state index contributed by atoms with van der Waals surface area (Å²) in [7, 11) is 0. The number of carbonyl (C=O) groups excluding carboxylic acids is 3. The number of hydrogen-bond donors (Lipinski definition) is 4. The van der Waals surface area contributed by atoms with Gasteiger partial charge in [0.1, 0.15) is 0 Å². The lowest BCUT2D eigenvalue weighted by Crippen LogP contribution is -2.34. The third kappa shape index (κ3) is 6.07. The highest BCUT2D eigenvalue weighted by Crippen LogP contribution is 2.30. The van der Waals surface area contributed by atoms with Crippen molar-refractivity contribution >= 4 is 29.2 Å². The normalized spacial score (nSPS) is 14.0. The van der Waals surface area contributed by atoms with E-state index in [1.165, 1.54) is 0 Å². The van der Waals surface area contributed by atoms with E-state index in [9.17, 15) is 14.4 Å². The van der Waals surface area contributed by atoms with Gasteiger partial charge in [0.05, 0.1) is 6.04 Å². The van der Waals surface area contributed by atoms with Crippen LogP contribution in [0.1, 0.15) is 55.6 Å². The van der Waals surface area contributed by atoms with Crippen LogP contribution in [0.3, 0.4) is 0 Å². The Labute approximate surface area is 176 Å². The van der Waals surface area contributed by atoms with Crippen LogP contribution < -0.4 is 21.3 Å². The smallest absolute Gasteiger partial charge is 0.319 e. The van der Waals surface area contributed by atoms with Crippen molar-refractivity contribution in [3.63, 3.8) is 0 Å². The maximum atomic E-state index is 12.5. The van der Waals surface area contributed by atoms with Gasteiger partial charge in [-0.2, -0.15) is 0 Å². The summed E-state index contributed by atoms with van der Waals surface area (Å²) in [5.74, 6) is 0.0320. The van der Waals surface area contributed by atoms with E-state index in [1.54, 1.807) is 24.3 Å². The number of hydrogen-bond acceptors (Lipinski definition) is 3. The Kier molecular flexibility index (Phi) is 6.72. The molecule has 1 fully saturated rings. The largest absolute Gasteiger partial charge is 0.346 e. The zero-order valence-electron chi connectivity index (χ0n) is 17.5. The molecule has 30 heavy (non-hydrogen) atoms. The molecule has 7 heteroatoms. The Bertz CT molecular complexity index is 903. The van der Waals surface area contributed by atoms with Gasteiger partial charge in [0.15, 0.2) is 0 Å². The Balaban J connectivity index is 1.53. The van der Waals surface area contributed by atoms with Gasteiger partial charge in [-0.3, -0.25) is 9.59 Å². The third-order valence-corrected chi connectivity index (χ3v) is 4.80. The first-order valence-corrected chi connectivity index (χ1v) is 10.2. The van der Waals surface area contributed by atoms with E-state index in [-0.39, 0.29) is 35.8 Å². The van der Waals surface area contributed by atoms with Gasteiger partial charge >= 0.3 is 6.03 Å². The zero-order chi connectivity index (χ0) is 21.7. The summed E-state index contributed by atoms with van der Waals surface area (Å²) in [6.45, 7) is 5.67. The fraction of sp³-hybridized carbons (Fsp3) is 0.348. The van der Waals surface area contributed by atoms with Gasteiger partial charge in [0.25, 0.3) is 5.91 Å². The van der Waals surface area contributed by atoms with Gasteiger partial charge in [-0.25, -0.2) is 4.79 Å². The van der Waals surface area contributed by atoms with Crippen LogP contribution in [-0.2, 0) is 4.79 Å². The molecule has 4 N–H and O–H groups in total. The molecule has 2 aromatic carbocycles. The Morgan fingerprint density at radius 3 is 1.93 bits per heavy atom. The van der Waals surface area contributed by atoms with Crippen molar-refractivity contribution in [1.82, 2.24) is 10.6 Å². The van der Waals surface area contributed by atoms with Crippen molar-refractivity contribution in [2.45, 2.75) is 45.7 Å². The first kappa shape index (κ1) is 21.4. The van der Waals surface area contributed by atoms with Crippen molar-refractivity contribution in [2.75, 3.05) is 10.6 Å². The van der Waals surface area contributed by atoms with E-state index >= 15 is 0 Å². The van der Waals surface area contributed by atoms with Gasteiger partial charge in [-0.15, -0.1) is 0 Å². The minimum Gasteiger partial charge on any atom is -0.346 e. The molecule has 0 spiro atoms. The van der Waals surface area contributed by atoms with E-state index in [1.807, 2.05) is 45.0 Å². The van der Waals surface area contributed by atoms with E-state index in [0.717, 1.165) is 24.1 Å². The molecule has 1 unspecified atom stereocenters. The van der Waals surface area contributed by atoms with Crippen LogP contribution in [0.5, 0.6) is 0 Å². The molecule has 1 aliphatic rings. The molecule has 1 atom stereocenters. The lowest BCUT2D eigenvalue weighted by atomic mass is 10.1. The molecular weight excluding hydrogens is 380 g/mol. The van der Waals surface area contributed by atoms with E-state index in [4.69, 9.17) is 0 Å².